The number of hydrogen-bond acceptors (Lipinski definition) is 4. The summed E-state index contributed by atoms with van der Waals surface area (Å²) in [6.07, 6.45) is 4.06. The normalized spacial score (nSPS) is 19.2. The molecule has 0 N–H and O–H groups in total. The third kappa shape index (κ3) is 3.48. The highest BCUT2D eigenvalue weighted by Gasteiger charge is 2.34. The van der Waals surface area contributed by atoms with E-state index >= 15 is 0 Å². The average molecular weight is 344 g/mol. The van der Waals surface area contributed by atoms with Crippen molar-refractivity contribution in [2.75, 3.05) is 18.1 Å². The van der Waals surface area contributed by atoms with E-state index in [2.05, 4.69) is 11.6 Å². The molecular weight excluding hydrogens is 324 g/mol. The Morgan fingerprint density at radius 1 is 1.33 bits per heavy atom. The number of nitrogens with zero attached hydrogens (tertiary/aromatic N) is 2. The number of carbonyl (C=O) groups is 1. The van der Waals surface area contributed by atoms with Gasteiger partial charge in [-0.2, -0.15) is 0 Å². The van der Waals surface area contributed by atoms with E-state index in [0.717, 1.165) is 16.5 Å². The lowest BCUT2D eigenvalue weighted by Gasteiger charge is -2.27. The predicted molar refractivity (Wildman–Crippen MR) is 94.4 cm³/mol. The van der Waals surface area contributed by atoms with Gasteiger partial charge in [0.05, 0.1) is 23.4 Å². The van der Waals surface area contributed by atoms with E-state index < -0.39 is 9.84 Å². The summed E-state index contributed by atoms with van der Waals surface area (Å²) in [5.74, 6) is 0.101. The summed E-state index contributed by atoms with van der Waals surface area (Å²) in [4.78, 5) is 18.8. The van der Waals surface area contributed by atoms with Crippen molar-refractivity contribution < 1.29 is 13.2 Å². The maximum absolute atomic E-state index is 12.8. The fourth-order valence-electron chi connectivity index (χ4n) is 3.19. The van der Waals surface area contributed by atoms with Crippen LogP contribution in [0.4, 0.5) is 0 Å². The molecule has 1 aromatic heterocycles. The van der Waals surface area contributed by atoms with Crippen molar-refractivity contribution in [3.8, 4) is 0 Å². The Labute approximate surface area is 141 Å². The molecule has 1 atom stereocenters. The van der Waals surface area contributed by atoms with Crippen LogP contribution in [-0.4, -0.2) is 48.3 Å². The SMILES string of the molecule is C=CCN(C(=O)Cc1cccc2cccnc12)[C@@H]1CCS(=O)(=O)C1. The molecule has 1 amide bonds. The van der Waals surface area contributed by atoms with Gasteiger partial charge in [-0.05, 0) is 18.1 Å². The second-order valence-electron chi connectivity index (χ2n) is 6.06. The maximum atomic E-state index is 12.8. The second kappa shape index (κ2) is 6.73. The third-order valence-electron chi connectivity index (χ3n) is 4.35. The number of para-hydroxylation sites is 1. The van der Waals surface area contributed by atoms with Crippen LogP contribution < -0.4 is 0 Å². The van der Waals surface area contributed by atoms with Gasteiger partial charge in [0.15, 0.2) is 9.84 Å². The first kappa shape index (κ1) is 16.6. The topological polar surface area (TPSA) is 67.3 Å². The van der Waals surface area contributed by atoms with Crippen molar-refractivity contribution in [2.24, 2.45) is 0 Å². The van der Waals surface area contributed by atoms with E-state index in [1.165, 1.54) is 0 Å². The smallest absolute Gasteiger partial charge is 0.227 e. The highest BCUT2D eigenvalue weighted by atomic mass is 32.2. The Kier molecular flexibility index (Phi) is 4.66. The van der Waals surface area contributed by atoms with Crippen LogP contribution in [0.5, 0.6) is 0 Å². The first-order valence-corrected chi connectivity index (χ1v) is 9.76. The molecule has 0 bridgehead atoms. The van der Waals surface area contributed by atoms with E-state index in [9.17, 15) is 13.2 Å². The number of carbonyl (C=O) groups excluding carboxylic acids is 1. The molecule has 2 aromatic rings. The molecule has 0 aliphatic carbocycles. The largest absolute Gasteiger partial charge is 0.335 e. The lowest BCUT2D eigenvalue weighted by Crippen LogP contribution is -2.42. The zero-order valence-corrected chi connectivity index (χ0v) is 14.2. The number of fused-ring (bicyclic) bond motifs is 1. The summed E-state index contributed by atoms with van der Waals surface area (Å²) in [5, 5.41) is 0.988. The summed E-state index contributed by atoms with van der Waals surface area (Å²) < 4.78 is 23.5. The Hall–Kier alpha value is -2.21. The van der Waals surface area contributed by atoms with Gasteiger partial charge in [0.2, 0.25) is 5.91 Å². The summed E-state index contributed by atoms with van der Waals surface area (Å²) in [6.45, 7) is 4.05. The molecule has 0 unspecified atom stereocenters. The van der Waals surface area contributed by atoms with Crippen LogP contribution in [0.25, 0.3) is 10.9 Å². The van der Waals surface area contributed by atoms with E-state index in [0.29, 0.717) is 13.0 Å². The van der Waals surface area contributed by atoms with Crippen LogP contribution in [-0.2, 0) is 21.1 Å². The van der Waals surface area contributed by atoms with Gasteiger partial charge in [0, 0.05) is 24.2 Å². The second-order valence-corrected chi connectivity index (χ2v) is 8.29. The standard InChI is InChI=1S/C18H20N2O3S/c1-2-10-20(16-8-11-24(22,23)13-16)17(21)12-15-6-3-5-14-7-4-9-19-18(14)15/h2-7,9,16H,1,8,10-13H2/t16-/m1/s1. The number of rotatable bonds is 5. The van der Waals surface area contributed by atoms with Gasteiger partial charge in [-0.15, -0.1) is 6.58 Å². The van der Waals surface area contributed by atoms with Gasteiger partial charge in [0.1, 0.15) is 0 Å². The molecule has 1 aliphatic heterocycles. The first-order chi connectivity index (χ1) is 11.5. The minimum absolute atomic E-state index is 0.0420. The van der Waals surface area contributed by atoms with Crippen LogP contribution in [0.15, 0.2) is 49.2 Å². The molecule has 1 aliphatic rings. The zero-order chi connectivity index (χ0) is 17.2. The highest BCUT2D eigenvalue weighted by molar-refractivity contribution is 7.91. The Bertz CT molecular complexity index is 871. The number of hydrogen-bond donors (Lipinski definition) is 0. The number of benzene rings is 1. The minimum atomic E-state index is -3.04. The van der Waals surface area contributed by atoms with E-state index in [4.69, 9.17) is 0 Å². The van der Waals surface area contributed by atoms with Crippen LogP contribution >= 0.6 is 0 Å². The monoisotopic (exact) mass is 344 g/mol. The summed E-state index contributed by atoms with van der Waals surface area (Å²) in [7, 11) is -3.04. The van der Waals surface area contributed by atoms with Gasteiger partial charge in [-0.25, -0.2) is 8.42 Å². The molecule has 0 spiro atoms. The third-order valence-corrected chi connectivity index (χ3v) is 6.10. The Balaban J connectivity index is 1.84. The van der Waals surface area contributed by atoms with Gasteiger partial charge in [-0.1, -0.05) is 30.3 Å². The molecule has 126 valence electrons. The molecule has 1 aromatic carbocycles. The zero-order valence-electron chi connectivity index (χ0n) is 13.4. The maximum Gasteiger partial charge on any atom is 0.227 e. The van der Waals surface area contributed by atoms with E-state index in [1.807, 2.05) is 30.3 Å². The quantitative estimate of drug-likeness (QED) is 0.778. The molecule has 1 fully saturated rings. The Morgan fingerprint density at radius 3 is 2.83 bits per heavy atom. The van der Waals surface area contributed by atoms with Crippen molar-refractivity contribution in [2.45, 2.75) is 18.9 Å². The predicted octanol–water partition coefficient (Wildman–Crippen LogP) is 1.98. The van der Waals surface area contributed by atoms with Crippen LogP contribution in [0.1, 0.15) is 12.0 Å². The number of sulfone groups is 1. The summed E-state index contributed by atoms with van der Waals surface area (Å²) in [5.41, 5.74) is 1.67. The van der Waals surface area contributed by atoms with E-state index in [1.54, 1.807) is 17.2 Å². The first-order valence-electron chi connectivity index (χ1n) is 7.93. The van der Waals surface area contributed by atoms with Gasteiger partial charge >= 0.3 is 0 Å². The molecule has 6 heteroatoms. The number of amides is 1. The van der Waals surface area contributed by atoms with Crippen LogP contribution in [0.2, 0.25) is 0 Å². The molecule has 5 nitrogen and oxygen atoms in total. The van der Waals surface area contributed by atoms with E-state index in [-0.39, 0.29) is 29.9 Å². The van der Waals surface area contributed by atoms with Gasteiger partial charge in [0.25, 0.3) is 0 Å². The van der Waals surface area contributed by atoms with Crippen molar-refractivity contribution in [3.63, 3.8) is 0 Å². The minimum Gasteiger partial charge on any atom is -0.335 e. The van der Waals surface area contributed by atoms with Crippen LogP contribution in [0.3, 0.4) is 0 Å². The fraction of sp³-hybridized carbons (Fsp3) is 0.333. The van der Waals surface area contributed by atoms with Crippen molar-refractivity contribution >= 4 is 26.6 Å². The number of aromatic nitrogens is 1. The molecule has 3 rings (SSSR count). The summed E-state index contributed by atoms with van der Waals surface area (Å²) in [6, 6.07) is 9.32. The molecule has 0 saturated carbocycles. The fourth-order valence-corrected chi connectivity index (χ4v) is 4.92. The van der Waals surface area contributed by atoms with Crippen molar-refractivity contribution in [1.82, 2.24) is 9.88 Å². The summed E-state index contributed by atoms with van der Waals surface area (Å²) >= 11 is 0. The lowest BCUT2D eigenvalue weighted by atomic mass is 10.1. The lowest BCUT2D eigenvalue weighted by molar-refractivity contribution is -0.131. The molecule has 24 heavy (non-hydrogen) atoms. The molecule has 0 radical (unpaired) electrons. The van der Waals surface area contributed by atoms with Crippen molar-refractivity contribution in [1.29, 1.82) is 0 Å². The highest BCUT2D eigenvalue weighted by Crippen LogP contribution is 2.21. The van der Waals surface area contributed by atoms with Crippen molar-refractivity contribution in [3.05, 3.63) is 54.7 Å². The van der Waals surface area contributed by atoms with Gasteiger partial charge in [-0.3, -0.25) is 9.78 Å². The van der Waals surface area contributed by atoms with Gasteiger partial charge < -0.3 is 4.90 Å². The van der Waals surface area contributed by atoms with Crippen LogP contribution in [0, 0.1) is 0 Å². The average Bonchev–Trinajstić information content (AvgIpc) is 2.92. The molecule has 2 heterocycles. The molecule has 1 saturated heterocycles. The Morgan fingerprint density at radius 2 is 2.12 bits per heavy atom. The number of pyridine rings is 1. The molecular formula is C18H20N2O3S.